The minimum absolute atomic E-state index is 0.136. The van der Waals surface area contributed by atoms with Crippen LogP contribution in [0.3, 0.4) is 0 Å². The molecule has 0 aliphatic rings. The van der Waals surface area contributed by atoms with Crippen LogP contribution in [0.15, 0.2) is 71.1 Å². The third kappa shape index (κ3) is 5.66. The van der Waals surface area contributed by atoms with Crippen LogP contribution >= 0.6 is 11.3 Å². The molecule has 0 amide bonds. The van der Waals surface area contributed by atoms with Gasteiger partial charge in [0.15, 0.2) is 11.6 Å². The number of hydrogen-bond acceptors (Lipinski definition) is 7. The largest absolute Gasteiger partial charge is 0.490 e. The highest BCUT2D eigenvalue weighted by Crippen LogP contribution is 2.22. The summed E-state index contributed by atoms with van der Waals surface area (Å²) in [7, 11) is 4.08. The Morgan fingerprint density at radius 1 is 1.06 bits per heavy atom. The van der Waals surface area contributed by atoms with Crippen molar-refractivity contribution in [3.63, 3.8) is 0 Å². The third-order valence-electron chi connectivity index (χ3n) is 4.80. The summed E-state index contributed by atoms with van der Waals surface area (Å²) in [5.41, 5.74) is 2.49. The second-order valence-corrected chi connectivity index (χ2v) is 8.59. The first kappa shape index (κ1) is 21.9. The van der Waals surface area contributed by atoms with Gasteiger partial charge in [0.1, 0.15) is 5.69 Å². The minimum atomic E-state index is -0.136. The van der Waals surface area contributed by atoms with E-state index in [4.69, 9.17) is 4.74 Å². The Balaban J connectivity index is 1.46. The molecular formula is C24H25N5O2S. The minimum Gasteiger partial charge on any atom is -0.490 e. The zero-order valence-electron chi connectivity index (χ0n) is 18.1. The molecule has 0 aliphatic carbocycles. The standard InChI is InChI=1S/C24H25N5O2S/c1-28(2)11-5-12-31-20-15-25-24(26-16-20)19-7-3-6-18(14-19)17-29-23(30)10-9-21(27-29)22-8-4-13-32-22/h3-4,6-10,13-16H,5,11-12,17H2,1-2H3. The van der Waals surface area contributed by atoms with Gasteiger partial charge in [0.05, 0.1) is 30.4 Å². The van der Waals surface area contributed by atoms with E-state index >= 15 is 0 Å². The Morgan fingerprint density at radius 2 is 1.91 bits per heavy atom. The van der Waals surface area contributed by atoms with Crippen LogP contribution in [-0.4, -0.2) is 51.9 Å². The van der Waals surface area contributed by atoms with Gasteiger partial charge >= 0.3 is 0 Å². The molecule has 3 aromatic heterocycles. The van der Waals surface area contributed by atoms with Crippen molar-refractivity contribution in [1.82, 2.24) is 24.6 Å². The van der Waals surface area contributed by atoms with Gasteiger partial charge in [0.2, 0.25) is 0 Å². The number of hydrogen-bond donors (Lipinski definition) is 0. The van der Waals surface area contributed by atoms with Gasteiger partial charge in [0.25, 0.3) is 5.56 Å². The topological polar surface area (TPSA) is 73.1 Å². The van der Waals surface area contributed by atoms with Crippen molar-refractivity contribution in [1.29, 1.82) is 0 Å². The van der Waals surface area contributed by atoms with Crippen LogP contribution in [0.2, 0.25) is 0 Å². The maximum atomic E-state index is 12.3. The zero-order chi connectivity index (χ0) is 22.3. The second kappa shape index (κ2) is 10.3. The quantitative estimate of drug-likeness (QED) is 0.363. The summed E-state index contributed by atoms with van der Waals surface area (Å²) in [6.45, 7) is 1.97. The number of nitrogens with zero attached hydrogens (tertiary/aromatic N) is 5. The van der Waals surface area contributed by atoms with Crippen LogP contribution in [0.1, 0.15) is 12.0 Å². The first-order chi connectivity index (χ1) is 15.6. The van der Waals surface area contributed by atoms with E-state index in [0.717, 1.165) is 34.7 Å². The van der Waals surface area contributed by atoms with E-state index in [1.165, 1.54) is 4.68 Å². The maximum absolute atomic E-state index is 12.3. The molecule has 0 atom stereocenters. The molecule has 8 heteroatoms. The molecule has 0 N–H and O–H groups in total. The van der Waals surface area contributed by atoms with Gasteiger partial charge in [0, 0.05) is 18.2 Å². The van der Waals surface area contributed by atoms with Crippen molar-refractivity contribution in [2.75, 3.05) is 27.2 Å². The van der Waals surface area contributed by atoms with E-state index in [1.807, 2.05) is 55.9 Å². The number of benzene rings is 1. The fraction of sp³-hybridized carbons (Fsp3) is 0.250. The molecular weight excluding hydrogens is 422 g/mol. The number of ether oxygens (including phenoxy) is 1. The van der Waals surface area contributed by atoms with Crippen molar-refractivity contribution in [3.8, 4) is 27.7 Å². The molecule has 0 spiro atoms. The molecule has 32 heavy (non-hydrogen) atoms. The van der Waals surface area contributed by atoms with Gasteiger partial charge < -0.3 is 9.64 Å². The highest BCUT2D eigenvalue weighted by Gasteiger charge is 2.08. The average Bonchev–Trinajstić information content (AvgIpc) is 3.34. The smallest absolute Gasteiger partial charge is 0.267 e. The number of aromatic nitrogens is 4. The van der Waals surface area contributed by atoms with Gasteiger partial charge in [-0.3, -0.25) is 4.79 Å². The molecule has 3 heterocycles. The predicted octanol–water partition coefficient (Wildman–Crippen LogP) is 3.81. The molecule has 4 rings (SSSR count). The van der Waals surface area contributed by atoms with Crippen LogP contribution < -0.4 is 10.3 Å². The van der Waals surface area contributed by atoms with E-state index in [2.05, 4.69) is 20.0 Å². The second-order valence-electron chi connectivity index (χ2n) is 7.64. The Labute approximate surface area is 191 Å². The molecule has 0 unspecified atom stereocenters. The van der Waals surface area contributed by atoms with Crippen LogP contribution in [0.25, 0.3) is 22.0 Å². The van der Waals surface area contributed by atoms with Gasteiger partial charge in [-0.2, -0.15) is 5.10 Å². The Hall–Kier alpha value is -3.36. The van der Waals surface area contributed by atoms with Crippen LogP contribution in [-0.2, 0) is 6.54 Å². The fourth-order valence-electron chi connectivity index (χ4n) is 3.21. The molecule has 0 saturated carbocycles. The molecule has 164 valence electrons. The number of thiophene rings is 1. The Morgan fingerprint density at radius 3 is 2.66 bits per heavy atom. The average molecular weight is 448 g/mol. The maximum Gasteiger partial charge on any atom is 0.267 e. The molecule has 0 radical (unpaired) electrons. The summed E-state index contributed by atoms with van der Waals surface area (Å²) in [5, 5.41) is 6.53. The van der Waals surface area contributed by atoms with E-state index < -0.39 is 0 Å². The normalized spacial score (nSPS) is 11.1. The summed E-state index contributed by atoms with van der Waals surface area (Å²) < 4.78 is 7.19. The molecule has 0 aliphatic heterocycles. The van der Waals surface area contributed by atoms with Crippen molar-refractivity contribution in [3.05, 3.63) is 82.2 Å². The first-order valence-electron chi connectivity index (χ1n) is 10.4. The van der Waals surface area contributed by atoms with Crippen LogP contribution in [0.4, 0.5) is 0 Å². The summed E-state index contributed by atoms with van der Waals surface area (Å²) in [5.74, 6) is 1.27. The van der Waals surface area contributed by atoms with E-state index in [0.29, 0.717) is 24.7 Å². The van der Waals surface area contributed by atoms with E-state index in [1.54, 1.807) is 35.9 Å². The van der Waals surface area contributed by atoms with Crippen LogP contribution in [0.5, 0.6) is 5.75 Å². The number of rotatable bonds is 9. The van der Waals surface area contributed by atoms with E-state index in [9.17, 15) is 4.79 Å². The monoisotopic (exact) mass is 447 g/mol. The molecule has 0 saturated heterocycles. The summed E-state index contributed by atoms with van der Waals surface area (Å²) in [4.78, 5) is 24.4. The molecule has 7 nitrogen and oxygen atoms in total. The Kier molecular flexibility index (Phi) is 7.03. The lowest BCUT2D eigenvalue weighted by atomic mass is 10.1. The van der Waals surface area contributed by atoms with Crippen molar-refractivity contribution in [2.24, 2.45) is 0 Å². The lowest BCUT2D eigenvalue weighted by Gasteiger charge is -2.10. The van der Waals surface area contributed by atoms with Crippen molar-refractivity contribution >= 4 is 11.3 Å². The lowest BCUT2D eigenvalue weighted by molar-refractivity contribution is 0.280. The van der Waals surface area contributed by atoms with Gasteiger partial charge in [-0.05, 0) is 49.7 Å². The lowest BCUT2D eigenvalue weighted by Crippen LogP contribution is -2.22. The molecule has 0 bridgehead atoms. The highest BCUT2D eigenvalue weighted by molar-refractivity contribution is 7.13. The molecule has 4 aromatic rings. The molecule has 0 fully saturated rings. The summed E-state index contributed by atoms with van der Waals surface area (Å²) in [6.07, 6.45) is 4.33. The van der Waals surface area contributed by atoms with Gasteiger partial charge in [-0.25, -0.2) is 14.6 Å². The summed E-state index contributed by atoms with van der Waals surface area (Å²) >= 11 is 1.60. The summed E-state index contributed by atoms with van der Waals surface area (Å²) in [6, 6.07) is 15.1. The molecule has 1 aromatic carbocycles. The van der Waals surface area contributed by atoms with Gasteiger partial charge in [-0.15, -0.1) is 11.3 Å². The van der Waals surface area contributed by atoms with Crippen molar-refractivity contribution in [2.45, 2.75) is 13.0 Å². The fourth-order valence-corrected chi connectivity index (χ4v) is 3.90. The zero-order valence-corrected chi connectivity index (χ0v) is 19.0. The Bertz CT molecular complexity index is 1200. The van der Waals surface area contributed by atoms with Gasteiger partial charge in [-0.1, -0.05) is 24.3 Å². The van der Waals surface area contributed by atoms with Crippen molar-refractivity contribution < 1.29 is 4.74 Å². The first-order valence-corrected chi connectivity index (χ1v) is 11.3. The highest BCUT2D eigenvalue weighted by atomic mass is 32.1. The van der Waals surface area contributed by atoms with Crippen LogP contribution in [0, 0.1) is 0 Å². The SMILES string of the molecule is CN(C)CCCOc1cnc(-c2cccc(Cn3nc(-c4cccs4)ccc3=O)c2)nc1. The third-order valence-corrected chi connectivity index (χ3v) is 5.70. The predicted molar refractivity (Wildman–Crippen MR) is 127 cm³/mol. The van der Waals surface area contributed by atoms with E-state index in [-0.39, 0.29) is 5.56 Å².